The summed E-state index contributed by atoms with van der Waals surface area (Å²) in [5, 5.41) is 2.40. The number of hydrogen-bond donors (Lipinski definition) is 1. The largest absolute Gasteiger partial charge is 0.497 e. The number of nitrogens with one attached hydrogen (secondary N) is 1. The first-order valence-electron chi connectivity index (χ1n) is 11.2. The second-order valence-electron chi connectivity index (χ2n) is 8.80. The topological polar surface area (TPSA) is 105 Å². The van der Waals surface area contributed by atoms with Crippen molar-refractivity contribution in [2.75, 3.05) is 40.0 Å². The Morgan fingerprint density at radius 1 is 1.09 bits per heavy atom. The number of hydrogen-bond acceptors (Lipinski definition) is 6. The van der Waals surface area contributed by atoms with E-state index in [1.807, 2.05) is 6.07 Å². The molecule has 1 N–H and O–H groups in total. The number of amides is 4. The molecule has 0 unspecified atom stereocenters. The zero-order valence-corrected chi connectivity index (χ0v) is 18.8. The monoisotopic (exact) mass is 463 g/mol. The first-order chi connectivity index (χ1) is 16.4. The third-order valence-electron chi connectivity index (χ3n) is 6.79. The molecule has 2 fully saturated rings. The van der Waals surface area contributed by atoms with Gasteiger partial charge in [-0.1, -0.05) is 18.2 Å². The molecule has 176 valence electrons. The van der Waals surface area contributed by atoms with Crippen LogP contribution < -0.4 is 10.1 Å². The third-order valence-corrected chi connectivity index (χ3v) is 6.79. The quantitative estimate of drug-likeness (QED) is 0.666. The maximum Gasteiger partial charge on any atom is 0.254 e. The molecule has 0 aromatic heterocycles. The van der Waals surface area contributed by atoms with E-state index in [4.69, 9.17) is 9.47 Å². The van der Waals surface area contributed by atoms with Crippen LogP contribution in [-0.2, 0) is 26.3 Å². The first kappa shape index (κ1) is 22.1. The van der Waals surface area contributed by atoms with Crippen molar-refractivity contribution in [2.45, 2.75) is 18.4 Å². The van der Waals surface area contributed by atoms with Gasteiger partial charge in [-0.25, -0.2) is 0 Å². The molecule has 2 saturated heterocycles. The number of methoxy groups -OCH3 is 1. The predicted octanol–water partition coefficient (Wildman–Crippen LogP) is 1.11. The summed E-state index contributed by atoms with van der Waals surface area (Å²) in [5.74, 6) is -0.553. The van der Waals surface area contributed by atoms with E-state index in [1.165, 1.54) is 7.11 Å². The molecule has 2 aromatic rings. The lowest BCUT2D eigenvalue weighted by molar-refractivity contribution is -0.126. The molecule has 3 heterocycles. The van der Waals surface area contributed by atoms with Crippen LogP contribution in [0.3, 0.4) is 0 Å². The molecule has 9 nitrogen and oxygen atoms in total. The Morgan fingerprint density at radius 3 is 2.47 bits per heavy atom. The number of fused-ring (bicyclic) bond motifs is 1. The number of benzene rings is 2. The molecular formula is C25H25N3O6. The fraction of sp³-hybridized carbons (Fsp3) is 0.360. The Labute approximate surface area is 196 Å². The summed E-state index contributed by atoms with van der Waals surface area (Å²) in [6.07, 6.45) is -0.0635. The zero-order valence-electron chi connectivity index (χ0n) is 18.8. The molecule has 4 amide bonds. The van der Waals surface area contributed by atoms with E-state index in [-0.39, 0.29) is 30.7 Å². The maximum absolute atomic E-state index is 13.1. The van der Waals surface area contributed by atoms with Crippen LogP contribution in [0.15, 0.2) is 42.5 Å². The van der Waals surface area contributed by atoms with Gasteiger partial charge in [0.2, 0.25) is 11.8 Å². The number of ether oxygens (including phenoxy) is 2. The molecular weight excluding hydrogens is 438 g/mol. The molecule has 1 atom stereocenters. The van der Waals surface area contributed by atoms with Crippen molar-refractivity contribution in [1.82, 2.24) is 15.1 Å². The number of nitrogens with zero attached hydrogens (tertiary/aromatic N) is 2. The highest BCUT2D eigenvalue weighted by molar-refractivity contribution is 6.10. The Kier molecular flexibility index (Phi) is 5.57. The van der Waals surface area contributed by atoms with E-state index < -0.39 is 11.3 Å². The second-order valence-corrected chi connectivity index (χ2v) is 8.80. The summed E-state index contributed by atoms with van der Waals surface area (Å²) in [7, 11) is 1.54. The predicted molar refractivity (Wildman–Crippen MR) is 120 cm³/mol. The Balaban J connectivity index is 1.42. The molecule has 0 spiro atoms. The van der Waals surface area contributed by atoms with Crippen molar-refractivity contribution in [1.29, 1.82) is 0 Å². The van der Waals surface area contributed by atoms with Gasteiger partial charge >= 0.3 is 0 Å². The average molecular weight is 463 g/mol. The normalized spacial score (nSPS) is 22.1. The highest BCUT2D eigenvalue weighted by atomic mass is 16.5. The van der Waals surface area contributed by atoms with E-state index >= 15 is 0 Å². The lowest BCUT2D eigenvalue weighted by Gasteiger charge is -2.31. The van der Waals surface area contributed by atoms with Crippen LogP contribution in [0, 0.1) is 0 Å². The van der Waals surface area contributed by atoms with Crippen molar-refractivity contribution in [3.63, 3.8) is 0 Å². The van der Waals surface area contributed by atoms with Gasteiger partial charge in [-0.2, -0.15) is 0 Å². The smallest absolute Gasteiger partial charge is 0.254 e. The summed E-state index contributed by atoms with van der Waals surface area (Å²) in [4.78, 5) is 54.6. The standard InChI is InChI=1S/C25H25N3O6/c1-33-19-7-4-17-14-28(23(31)20(17)12-19)15-25(13-21(29)26-24(25)32)18-5-2-16(3-6-18)22(30)27-8-10-34-11-9-27/h2-7,12H,8-11,13-15H2,1H3,(H,26,29,32)/t25-/m1/s1. The Bertz CT molecular complexity index is 1170. The van der Waals surface area contributed by atoms with Crippen LogP contribution in [0.5, 0.6) is 5.75 Å². The van der Waals surface area contributed by atoms with Crippen LogP contribution in [0.4, 0.5) is 0 Å². The van der Waals surface area contributed by atoms with Gasteiger partial charge in [0, 0.05) is 43.7 Å². The number of morpholine rings is 1. The number of carbonyl (C=O) groups is 4. The van der Waals surface area contributed by atoms with Crippen molar-refractivity contribution in [2.24, 2.45) is 0 Å². The Hall–Kier alpha value is -3.72. The lowest BCUT2D eigenvalue weighted by Crippen LogP contribution is -2.46. The molecule has 5 rings (SSSR count). The van der Waals surface area contributed by atoms with Gasteiger partial charge in [-0.05, 0) is 35.4 Å². The lowest BCUT2D eigenvalue weighted by atomic mass is 9.78. The highest BCUT2D eigenvalue weighted by Gasteiger charge is 2.50. The average Bonchev–Trinajstić information content (AvgIpc) is 3.33. The summed E-state index contributed by atoms with van der Waals surface area (Å²) in [5.41, 5.74) is 1.25. The summed E-state index contributed by atoms with van der Waals surface area (Å²) in [6, 6.07) is 12.1. The molecule has 3 aliphatic rings. The minimum atomic E-state index is -1.22. The molecule has 0 bridgehead atoms. The third kappa shape index (κ3) is 3.71. The summed E-state index contributed by atoms with van der Waals surface area (Å²) in [6.45, 7) is 2.47. The van der Waals surface area contributed by atoms with Crippen LogP contribution in [0.25, 0.3) is 0 Å². The van der Waals surface area contributed by atoms with Crippen molar-refractivity contribution in [3.05, 3.63) is 64.7 Å². The van der Waals surface area contributed by atoms with Crippen molar-refractivity contribution in [3.8, 4) is 5.75 Å². The number of imide groups is 1. The minimum Gasteiger partial charge on any atom is -0.497 e. The molecule has 2 aromatic carbocycles. The van der Waals surface area contributed by atoms with Gasteiger partial charge in [-0.15, -0.1) is 0 Å². The van der Waals surface area contributed by atoms with Gasteiger partial charge in [0.1, 0.15) is 11.2 Å². The van der Waals surface area contributed by atoms with Gasteiger partial charge in [0.05, 0.1) is 20.3 Å². The van der Waals surface area contributed by atoms with Crippen LogP contribution in [0.1, 0.15) is 38.3 Å². The van der Waals surface area contributed by atoms with Gasteiger partial charge in [-0.3, -0.25) is 24.5 Å². The van der Waals surface area contributed by atoms with Crippen molar-refractivity contribution < 1.29 is 28.7 Å². The number of carbonyl (C=O) groups excluding carboxylic acids is 4. The van der Waals surface area contributed by atoms with E-state index in [0.717, 1.165) is 5.56 Å². The van der Waals surface area contributed by atoms with Crippen LogP contribution in [-0.4, -0.2) is 73.4 Å². The molecule has 0 radical (unpaired) electrons. The summed E-state index contributed by atoms with van der Waals surface area (Å²) >= 11 is 0. The molecule has 3 aliphatic heterocycles. The Morgan fingerprint density at radius 2 is 1.82 bits per heavy atom. The summed E-state index contributed by atoms with van der Waals surface area (Å²) < 4.78 is 10.5. The fourth-order valence-corrected chi connectivity index (χ4v) is 4.90. The maximum atomic E-state index is 13.1. The van der Waals surface area contributed by atoms with Crippen LogP contribution >= 0.6 is 0 Å². The zero-order chi connectivity index (χ0) is 23.9. The highest BCUT2D eigenvalue weighted by Crippen LogP contribution is 2.37. The molecule has 34 heavy (non-hydrogen) atoms. The number of rotatable bonds is 5. The molecule has 9 heteroatoms. The SMILES string of the molecule is COc1ccc2c(c1)C(=O)N(C[C@@]1(c3ccc(C(=O)N4CCOCC4)cc3)CC(=O)NC1=O)C2. The fourth-order valence-electron chi connectivity index (χ4n) is 4.90. The van der Waals surface area contributed by atoms with E-state index in [1.54, 1.807) is 46.2 Å². The van der Waals surface area contributed by atoms with E-state index in [0.29, 0.717) is 55.3 Å². The van der Waals surface area contributed by atoms with Gasteiger partial charge in [0.15, 0.2) is 0 Å². The van der Waals surface area contributed by atoms with Crippen LogP contribution in [0.2, 0.25) is 0 Å². The first-order valence-corrected chi connectivity index (χ1v) is 11.2. The van der Waals surface area contributed by atoms with E-state index in [2.05, 4.69) is 5.32 Å². The minimum absolute atomic E-state index is 0.0527. The van der Waals surface area contributed by atoms with E-state index in [9.17, 15) is 19.2 Å². The van der Waals surface area contributed by atoms with Crippen molar-refractivity contribution >= 4 is 23.6 Å². The van der Waals surface area contributed by atoms with Gasteiger partial charge < -0.3 is 19.3 Å². The van der Waals surface area contributed by atoms with Gasteiger partial charge in [0.25, 0.3) is 11.8 Å². The molecule has 0 aliphatic carbocycles. The second kappa shape index (κ2) is 8.57. The molecule has 0 saturated carbocycles.